The van der Waals surface area contributed by atoms with Crippen molar-refractivity contribution in [3.63, 3.8) is 0 Å². The topological polar surface area (TPSA) is 50.1 Å². The van der Waals surface area contributed by atoms with Crippen molar-refractivity contribution in [2.75, 3.05) is 6.61 Å². The molecule has 0 saturated heterocycles. The summed E-state index contributed by atoms with van der Waals surface area (Å²) >= 11 is 2.14. The lowest BCUT2D eigenvalue weighted by Gasteiger charge is -2.07. The molecule has 20 heavy (non-hydrogen) atoms. The Balaban J connectivity index is 2.10. The fourth-order valence-electron chi connectivity index (χ4n) is 1.60. The molecule has 2 rings (SSSR count). The molecule has 0 heterocycles. The van der Waals surface area contributed by atoms with Gasteiger partial charge in [-0.3, -0.25) is 4.79 Å². The first-order valence-electron chi connectivity index (χ1n) is 5.72. The molecule has 0 spiro atoms. The van der Waals surface area contributed by atoms with Crippen LogP contribution in [-0.4, -0.2) is 12.4 Å². The summed E-state index contributed by atoms with van der Waals surface area (Å²) in [5, 5.41) is 8.86. The molecule has 0 N–H and O–H groups in total. The largest absolute Gasteiger partial charge is 0.484 e. The Bertz CT molecular complexity index is 677. The van der Waals surface area contributed by atoms with Crippen LogP contribution in [0.2, 0.25) is 0 Å². The van der Waals surface area contributed by atoms with Gasteiger partial charge in [-0.05, 0) is 46.9 Å². The first-order chi connectivity index (χ1) is 9.61. The Labute approximate surface area is 129 Å². The average Bonchev–Trinajstić information content (AvgIpc) is 2.45. The van der Waals surface area contributed by atoms with E-state index in [0.29, 0.717) is 5.56 Å². The number of halogens is 2. The molecule has 0 aromatic heterocycles. The van der Waals surface area contributed by atoms with Crippen LogP contribution in [0.25, 0.3) is 0 Å². The molecular formula is C15H9FINO2. The molecule has 2 aromatic rings. The highest BCUT2D eigenvalue weighted by Gasteiger charge is 2.11. The second-order valence-electron chi connectivity index (χ2n) is 3.94. The minimum atomic E-state index is -0.660. The van der Waals surface area contributed by atoms with Crippen LogP contribution in [0.1, 0.15) is 15.9 Å². The summed E-state index contributed by atoms with van der Waals surface area (Å²) in [6, 6.07) is 12.8. The molecule has 0 aliphatic carbocycles. The molecule has 2 aromatic carbocycles. The van der Waals surface area contributed by atoms with Gasteiger partial charge in [-0.15, -0.1) is 0 Å². The quantitative estimate of drug-likeness (QED) is 0.601. The van der Waals surface area contributed by atoms with E-state index in [4.69, 9.17) is 10.00 Å². The summed E-state index contributed by atoms with van der Waals surface area (Å²) in [7, 11) is 0. The predicted octanol–water partition coefficient (Wildman–Crippen LogP) is 3.56. The molecule has 3 nitrogen and oxygen atoms in total. The van der Waals surface area contributed by atoms with E-state index in [1.54, 1.807) is 18.2 Å². The van der Waals surface area contributed by atoms with Crippen LogP contribution in [-0.2, 0) is 0 Å². The highest BCUT2D eigenvalue weighted by molar-refractivity contribution is 14.1. The number of nitriles is 1. The van der Waals surface area contributed by atoms with Crippen molar-refractivity contribution in [3.05, 3.63) is 63.0 Å². The van der Waals surface area contributed by atoms with Gasteiger partial charge in [-0.2, -0.15) is 5.26 Å². The van der Waals surface area contributed by atoms with E-state index in [9.17, 15) is 9.18 Å². The fourth-order valence-corrected chi connectivity index (χ4v) is 1.96. The number of ketones is 1. The van der Waals surface area contributed by atoms with Crippen LogP contribution in [0.3, 0.4) is 0 Å². The monoisotopic (exact) mass is 381 g/mol. The van der Waals surface area contributed by atoms with Crippen molar-refractivity contribution in [2.24, 2.45) is 0 Å². The Hall–Kier alpha value is -1.94. The maximum absolute atomic E-state index is 13.4. The first-order valence-corrected chi connectivity index (χ1v) is 6.80. The molecule has 100 valence electrons. The van der Waals surface area contributed by atoms with Gasteiger partial charge in [0.1, 0.15) is 23.2 Å². The lowest BCUT2D eigenvalue weighted by Crippen LogP contribution is -2.12. The number of hydrogen-bond donors (Lipinski definition) is 0. The second-order valence-corrected chi connectivity index (χ2v) is 5.19. The Kier molecular flexibility index (Phi) is 4.69. The van der Waals surface area contributed by atoms with Crippen LogP contribution < -0.4 is 4.74 Å². The average molecular weight is 381 g/mol. The first kappa shape index (κ1) is 14.5. The number of Topliss-reactive ketones (excluding diaryl/α,β-unsaturated/α-hetero) is 1. The zero-order valence-corrected chi connectivity index (χ0v) is 12.4. The van der Waals surface area contributed by atoms with Gasteiger partial charge in [0, 0.05) is 9.13 Å². The lowest BCUT2D eigenvalue weighted by molar-refractivity contribution is 0.0921. The zero-order valence-electron chi connectivity index (χ0n) is 10.3. The Morgan fingerprint density at radius 1 is 1.25 bits per heavy atom. The van der Waals surface area contributed by atoms with Crippen LogP contribution in [0.5, 0.6) is 5.75 Å². The summed E-state index contributed by atoms with van der Waals surface area (Å²) in [5.74, 6) is -0.812. The molecule has 0 aliphatic rings. The zero-order chi connectivity index (χ0) is 14.5. The van der Waals surface area contributed by atoms with E-state index in [2.05, 4.69) is 22.6 Å². The van der Waals surface area contributed by atoms with E-state index in [0.717, 1.165) is 3.57 Å². The molecule has 0 fully saturated rings. The standard InChI is InChI=1S/C15H9FINO2/c16-13-2-1-3-15(12(13)8-18)20-9-14(19)10-4-6-11(17)7-5-10/h1-7H,9H2. The summed E-state index contributed by atoms with van der Waals surface area (Å²) in [6.07, 6.45) is 0. The number of benzene rings is 2. The van der Waals surface area contributed by atoms with Gasteiger partial charge in [0.25, 0.3) is 0 Å². The molecule has 0 unspecified atom stereocenters. The molecule has 0 atom stereocenters. The maximum atomic E-state index is 13.4. The molecule has 0 bridgehead atoms. The van der Waals surface area contributed by atoms with E-state index < -0.39 is 5.82 Å². The summed E-state index contributed by atoms with van der Waals surface area (Å²) < 4.78 is 19.6. The highest BCUT2D eigenvalue weighted by Crippen LogP contribution is 2.20. The molecule has 0 saturated carbocycles. The van der Waals surface area contributed by atoms with E-state index in [-0.39, 0.29) is 23.7 Å². The van der Waals surface area contributed by atoms with Crippen molar-refractivity contribution in [1.29, 1.82) is 5.26 Å². The number of carbonyl (C=O) groups is 1. The molecule has 5 heteroatoms. The van der Waals surface area contributed by atoms with Crippen molar-refractivity contribution in [2.45, 2.75) is 0 Å². The van der Waals surface area contributed by atoms with Crippen LogP contribution in [0.15, 0.2) is 42.5 Å². The van der Waals surface area contributed by atoms with E-state index in [1.807, 2.05) is 12.1 Å². The van der Waals surface area contributed by atoms with Crippen molar-refractivity contribution in [1.82, 2.24) is 0 Å². The molecule has 0 aliphatic heterocycles. The fraction of sp³-hybridized carbons (Fsp3) is 0.0667. The summed E-state index contributed by atoms with van der Waals surface area (Å²) in [4.78, 5) is 11.9. The third kappa shape index (κ3) is 3.33. The number of nitrogens with zero attached hydrogens (tertiary/aromatic N) is 1. The van der Waals surface area contributed by atoms with Crippen LogP contribution in [0, 0.1) is 20.7 Å². The number of rotatable bonds is 4. The third-order valence-corrected chi connectivity index (χ3v) is 3.33. The number of carbonyl (C=O) groups excluding carboxylic acids is 1. The van der Waals surface area contributed by atoms with E-state index >= 15 is 0 Å². The van der Waals surface area contributed by atoms with Gasteiger partial charge < -0.3 is 4.74 Å². The SMILES string of the molecule is N#Cc1c(F)cccc1OCC(=O)c1ccc(I)cc1. The Morgan fingerprint density at radius 2 is 1.95 bits per heavy atom. The van der Waals surface area contributed by atoms with Crippen molar-refractivity contribution in [3.8, 4) is 11.8 Å². The van der Waals surface area contributed by atoms with Gasteiger partial charge in [0.2, 0.25) is 0 Å². The second kappa shape index (κ2) is 6.48. The van der Waals surface area contributed by atoms with Gasteiger partial charge in [0.05, 0.1) is 0 Å². The van der Waals surface area contributed by atoms with Crippen LogP contribution >= 0.6 is 22.6 Å². The summed E-state index contributed by atoms with van der Waals surface area (Å²) in [6.45, 7) is -0.237. The lowest BCUT2D eigenvalue weighted by atomic mass is 10.1. The highest BCUT2D eigenvalue weighted by atomic mass is 127. The number of ether oxygens (including phenoxy) is 1. The van der Waals surface area contributed by atoms with Gasteiger partial charge >= 0.3 is 0 Å². The number of hydrogen-bond acceptors (Lipinski definition) is 3. The molecule has 0 radical (unpaired) electrons. The minimum absolute atomic E-state index is 0.0753. The van der Waals surface area contributed by atoms with E-state index in [1.165, 1.54) is 18.2 Å². The van der Waals surface area contributed by atoms with Gasteiger partial charge in [0.15, 0.2) is 12.4 Å². The van der Waals surface area contributed by atoms with Crippen LogP contribution in [0.4, 0.5) is 4.39 Å². The maximum Gasteiger partial charge on any atom is 0.200 e. The van der Waals surface area contributed by atoms with Gasteiger partial charge in [-0.25, -0.2) is 4.39 Å². The molecular weight excluding hydrogens is 372 g/mol. The smallest absolute Gasteiger partial charge is 0.200 e. The van der Waals surface area contributed by atoms with Crippen molar-refractivity contribution >= 4 is 28.4 Å². The Morgan fingerprint density at radius 3 is 2.60 bits per heavy atom. The molecule has 0 amide bonds. The minimum Gasteiger partial charge on any atom is -0.484 e. The van der Waals surface area contributed by atoms with Crippen molar-refractivity contribution < 1.29 is 13.9 Å². The summed E-state index contributed by atoms with van der Waals surface area (Å²) in [5.41, 5.74) is 0.322. The van der Waals surface area contributed by atoms with Gasteiger partial charge in [-0.1, -0.05) is 18.2 Å². The predicted molar refractivity (Wildman–Crippen MR) is 80.1 cm³/mol. The normalized spacial score (nSPS) is 9.85. The third-order valence-electron chi connectivity index (χ3n) is 2.61.